The molecule has 0 aliphatic carbocycles. The highest BCUT2D eigenvalue weighted by molar-refractivity contribution is 6.30. The van der Waals surface area contributed by atoms with Gasteiger partial charge in [0.05, 0.1) is 23.9 Å². The van der Waals surface area contributed by atoms with E-state index in [0.29, 0.717) is 27.7 Å². The number of aliphatic hydroxyl groups is 1. The van der Waals surface area contributed by atoms with Crippen LogP contribution in [0.2, 0.25) is 5.02 Å². The molecule has 1 amide bonds. The van der Waals surface area contributed by atoms with E-state index in [9.17, 15) is 4.79 Å². The van der Waals surface area contributed by atoms with E-state index in [1.54, 1.807) is 38.2 Å². The van der Waals surface area contributed by atoms with Crippen LogP contribution in [-0.4, -0.2) is 38.7 Å². The fourth-order valence-corrected chi connectivity index (χ4v) is 2.50. The Balaban J connectivity index is 1.94. The Kier molecular flexibility index (Phi) is 4.87. The van der Waals surface area contributed by atoms with Crippen LogP contribution in [0.25, 0.3) is 22.5 Å². The van der Waals surface area contributed by atoms with Crippen LogP contribution in [0.1, 0.15) is 12.7 Å². The highest BCUT2D eigenvalue weighted by atomic mass is 35.5. The number of aromatic nitrogens is 3. The molecule has 2 aromatic heterocycles. The maximum Gasteiger partial charge on any atom is 0.342 e. The van der Waals surface area contributed by atoms with E-state index >= 15 is 0 Å². The summed E-state index contributed by atoms with van der Waals surface area (Å²) in [6.45, 7) is 3.34. The van der Waals surface area contributed by atoms with Gasteiger partial charge >= 0.3 is 6.03 Å². The number of hydrogen-bond donors (Lipinski definition) is 2. The van der Waals surface area contributed by atoms with Crippen molar-refractivity contribution in [3.05, 3.63) is 47.3 Å². The van der Waals surface area contributed by atoms with Crippen molar-refractivity contribution < 1.29 is 14.4 Å². The third kappa shape index (κ3) is 3.57. The number of nitrogens with zero attached hydrogens (tertiary/aromatic N) is 3. The van der Waals surface area contributed by atoms with E-state index in [1.165, 1.54) is 4.68 Å². The van der Waals surface area contributed by atoms with E-state index in [1.807, 2.05) is 12.1 Å². The molecule has 0 saturated heterocycles. The lowest BCUT2D eigenvalue weighted by molar-refractivity contribution is 0.219. The van der Waals surface area contributed by atoms with Crippen LogP contribution in [0.5, 0.6) is 0 Å². The number of nitrogens with one attached hydrogen (secondary N) is 1. The predicted octanol–water partition coefficient (Wildman–Crippen LogP) is 3.11. The SMILES string of the molecule is Cc1onc(-c2ccc(Cl)cc2)c1-c1ccn(C(=O)NC(C)CO)n1. The van der Waals surface area contributed by atoms with E-state index in [4.69, 9.17) is 21.2 Å². The minimum atomic E-state index is -0.421. The molecule has 0 spiro atoms. The molecule has 130 valence electrons. The van der Waals surface area contributed by atoms with Crippen molar-refractivity contribution in [2.24, 2.45) is 0 Å². The molecular formula is C17H17ClN4O3. The lowest BCUT2D eigenvalue weighted by atomic mass is 10.0. The largest absolute Gasteiger partial charge is 0.394 e. The van der Waals surface area contributed by atoms with Gasteiger partial charge in [-0.2, -0.15) is 9.78 Å². The fraction of sp³-hybridized carbons (Fsp3) is 0.235. The molecule has 0 bridgehead atoms. The van der Waals surface area contributed by atoms with E-state index < -0.39 is 6.03 Å². The molecule has 0 saturated carbocycles. The molecular weight excluding hydrogens is 344 g/mol. The monoisotopic (exact) mass is 360 g/mol. The van der Waals surface area contributed by atoms with Gasteiger partial charge in [0.1, 0.15) is 11.5 Å². The smallest absolute Gasteiger partial charge is 0.342 e. The third-order valence-electron chi connectivity index (χ3n) is 3.68. The molecule has 8 heteroatoms. The average Bonchev–Trinajstić information content (AvgIpc) is 3.22. The second-order valence-electron chi connectivity index (χ2n) is 5.65. The molecule has 7 nitrogen and oxygen atoms in total. The van der Waals surface area contributed by atoms with Crippen LogP contribution in [-0.2, 0) is 0 Å². The third-order valence-corrected chi connectivity index (χ3v) is 3.93. The molecule has 3 aromatic rings. The van der Waals surface area contributed by atoms with Gasteiger partial charge in [-0.05, 0) is 32.0 Å². The van der Waals surface area contributed by atoms with Crippen molar-refractivity contribution in [3.8, 4) is 22.5 Å². The van der Waals surface area contributed by atoms with Crippen molar-refractivity contribution in [2.75, 3.05) is 6.61 Å². The highest BCUT2D eigenvalue weighted by Crippen LogP contribution is 2.33. The summed E-state index contributed by atoms with van der Waals surface area (Å²) < 4.78 is 6.50. The Hall–Kier alpha value is -2.64. The zero-order valence-electron chi connectivity index (χ0n) is 13.7. The van der Waals surface area contributed by atoms with Crippen LogP contribution in [0, 0.1) is 6.92 Å². The summed E-state index contributed by atoms with van der Waals surface area (Å²) in [5, 5.41) is 20.7. The van der Waals surface area contributed by atoms with Crippen molar-refractivity contribution in [1.82, 2.24) is 20.3 Å². The average molecular weight is 361 g/mol. The molecule has 2 heterocycles. The highest BCUT2D eigenvalue weighted by Gasteiger charge is 2.20. The molecule has 0 radical (unpaired) electrons. The molecule has 3 rings (SSSR count). The van der Waals surface area contributed by atoms with Gasteiger partial charge in [0.25, 0.3) is 0 Å². The van der Waals surface area contributed by atoms with Gasteiger partial charge in [-0.15, -0.1) is 0 Å². The number of benzene rings is 1. The van der Waals surface area contributed by atoms with E-state index in [0.717, 1.165) is 5.56 Å². The lowest BCUT2D eigenvalue weighted by Crippen LogP contribution is -2.38. The van der Waals surface area contributed by atoms with Crippen LogP contribution < -0.4 is 5.32 Å². The van der Waals surface area contributed by atoms with Gasteiger partial charge in [0.15, 0.2) is 0 Å². The molecule has 1 atom stereocenters. The Bertz CT molecular complexity index is 886. The number of hydrogen-bond acceptors (Lipinski definition) is 5. The normalized spacial score (nSPS) is 12.2. The lowest BCUT2D eigenvalue weighted by Gasteiger charge is -2.09. The molecule has 1 aromatic carbocycles. The molecule has 0 aliphatic heterocycles. The van der Waals surface area contributed by atoms with Gasteiger partial charge in [-0.25, -0.2) is 4.79 Å². The standard InChI is InChI=1S/C17H17ClN4O3/c1-10(9-23)19-17(24)22-8-7-14(20-22)15-11(2)25-21-16(15)12-3-5-13(18)6-4-12/h3-8,10,23H,9H2,1-2H3,(H,19,24). The van der Waals surface area contributed by atoms with E-state index in [-0.39, 0.29) is 12.6 Å². The first-order valence-electron chi connectivity index (χ1n) is 7.69. The maximum atomic E-state index is 12.1. The zero-order valence-corrected chi connectivity index (χ0v) is 14.5. The van der Waals surface area contributed by atoms with Crippen LogP contribution in [0.4, 0.5) is 4.79 Å². The Labute approximate surface area is 149 Å². The molecule has 2 N–H and O–H groups in total. The van der Waals surface area contributed by atoms with Crippen molar-refractivity contribution in [2.45, 2.75) is 19.9 Å². The second-order valence-corrected chi connectivity index (χ2v) is 6.08. The number of carbonyl (C=O) groups excluding carboxylic acids is 1. The van der Waals surface area contributed by atoms with Gasteiger partial charge in [-0.3, -0.25) is 0 Å². The van der Waals surface area contributed by atoms with Crippen molar-refractivity contribution >= 4 is 17.6 Å². The Morgan fingerprint density at radius 1 is 1.36 bits per heavy atom. The first-order valence-corrected chi connectivity index (χ1v) is 8.07. The fourth-order valence-electron chi connectivity index (χ4n) is 2.37. The summed E-state index contributed by atoms with van der Waals surface area (Å²) in [6, 6.07) is 8.16. The number of aryl methyl sites for hydroxylation is 1. The molecule has 25 heavy (non-hydrogen) atoms. The second kappa shape index (κ2) is 7.08. The van der Waals surface area contributed by atoms with Crippen LogP contribution >= 0.6 is 11.6 Å². The summed E-state index contributed by atoms with van der Waals surface area (Å²) >= 11 is 5.93. The Morgan fingerprint density at radius 3 is 2.76 bits per heavy atom. The topological polar surface area (TPSA) is 93.2 Å². The summed E-state index contributed by atoms with van der Waals surface area (Å²) in [5.41, 5.74) is 2.74. The maximum absolute atomic E-state index is 12.1. The summed E-state index contributed by atoms with van der Waals surface area (Å²) in [4.78, 5) is 12.1. The number of halogens is 1. The number of amides is 1. The van der Waals surface area contributed by atoms with Crippen LogP contribution in [0.15, 0.2) is 41.1 Å². The van der Waals surface area contributed by atoms with Gasteiger partial charge in [0, 0.05) is 16.8 Å². The van der Waals surface area contributed by atoms with Gasteiger partial charge in [0.2, 0.25) is 0 Å². The number of aliphatic hydroxyl groups excluding tert-OH is 1. The minimum Gasteiger partial charge on any atom is -0.394 e. The van der Waals surface area contributed by atoms with Crippen molar-refractivity contribution in [3.63, 3.8) is 0 Å². The number of carbonyl (C=O) groups is 1. The zero-order chi connectivity index (χ0) is 18.0. The minimum absolute atomic E-state index is 0.147. The van der Waals surface area contributed by atoms with Crippen molar-refractivity contribution in [1.29, 1.82) is 0 Å². The summed E-state index contributed by atoms with van der Waals surface area (Å²) in [7, 11) is 0. The molecule has 0 fully saturated rings. The van der Waals surface area contributed by atoms with E-state index in [2.05, 4.69) is 15.6 Å². The first-order chi connectivity index (χ1) is 12.0. The quantitative estimate of drug-likeness (QED) is 0.745. The molecule has 0 aliphatic rings. The van der Waals surface area contributed by atoms with Crippen LogP contribution in [0.3, 0.4) is 0 Å². The first kappa shape index (κ1) is 17.2. The van der Waals surface area contributed by atoms with Gasteiger partial charge < -0.3 is 14.9 Å². The number of rotatable bonds is 4. The summed E-state index contributed by atoms with van der Waals surface area (Å²) in [6.07, 6.45) is 1.55. The Morgan fingerprint density at radius 2 is 2.08 bits per heavy atom. The predicted molar refractivity (Wildman–Crippen MR) is 93.4 cm³/mol. The van der Waals surface area contributed by atoms with Gasteiger partial charge in [-0.1, -0.05) is 28.9 Å². The molecule has 1 unspecified atom stereocenters. The summed E-state index contributed by atoms with van der Waals surface area (Å²) in [5.74, 6) is 0.597.